The number of aliphatic carboxylic acids is 1. The van der Waals surface area contributed by atoms with E-state index in [2.05, 4.69) is 10.3 Å². The van der Waals surface area contributed by atoms with Crippen LogP contribution in [-0.2, 0) is 14.9 Å². The number of hydrogen-bond acceptors (Lipinski definition) is 3. The van der Waals surface area contributed by atoms with E-state index < -0.39 is 23.6 Å². The quantitative estimate of drug-likeness (QED) is 0.246. The van der Waals surface area contributed by atoms with Gasteiger partial charge in [0.25, 0.3) is 0 Å². The van der Waals surface area contributed by atoms with E-state index in [4.69, 9.17) is 16.3 Å². The van der Waals surface area contributed by atoms with Crippen LogP contribution in [0, 0.1) is 0 Å². The van der Waals surface area contributed by atoms with Crippen molar-refractivity contribution in [2.75, 3.05) is 5.32 Å². The van der Waals surface area contributed by atoms with E-state index in [-0.39, 0.29) is 0 Å². The van der Waals surface area contributed by atoms with Crippen molar-refractivity contribution >= 4 is 29.5 Å². The number of anilines is 1. The molecule has 0 spiro atoms. The lowest BCUT2D eigenvalue weighted by atomic mass is 9.93. The van der Waals surface area contributed by atoms with Crippen molar-refractivity contribution in [2.24, 2.45) is 0 Å². The van der Waals surface area contributed by atoms with Gasteiger partial charge < -0.3 is 14.8 Å². The Kier molecular flexibility index (Phi) is 6.29. The zero-order valence-electron chi connectivity index (χ0n) is 19.6. The van der Waals surface area contributed by atoms with Gasteiger partial charge in [0.2, 0.25) is 0 Å². The highest BCUT2D eigenvalue weighted by atomic mass is 35.5. The number of rotatable bonds is 7. The van der Waals surface area contributed by atoms with Gasteiger partial charge in [-0.2, -0.15) is 0 Å². The molecule has 1 fully saturated rings. The predicted octanol–water partition coefficient (Wildman–Crippen LogP) is 7.43. The summed E-state index contributed by atoms with van der Waals surface area (Å²) in [6.45, 7) is 1.77. The first-order valence-corrected chi connectivity index (χ1v) is 12.1. The SMILES string of the molecule is CC(OC(=O)Nc1[nH]ccc1-c1ccc(-c2ccc(C3(C(=O)O)CC3)cc2)cc1)c1ccccc1Cl. The molecular formula is C29H25ClN2O4. The van der Waals surface area contributed by atoms with E-state index in [9.17, 15) is 14.7 Å². The monoisotopic (exact) mass is 500 g/mol. The number of H-pyrrole nitrogens is 1. The summed E-state index contributed by atoms with van der Waals surface area (Å²) in [5, 5.41) is 12.8. The van der Waals surface area contributed by atoms with E-state index in [0.29, 0.717) is 23.7 Å². The Bertz CT molecular complexity index is 1410. The molecule has 182 valence electrons. The molecule has 1 amide bonds. The number of amides is 1. The number of carbonyl (C=O) groups excluding carboxylic acids is 1. The highest BCUT2D eigenvalue weighted by Crippen LogP contribution is 2.48. The fraction of sp³-hybridized carbons (Fsp3) is 0.172. The van der Waals surface area contributed by atoms with Gasteiger partial charge in [-0.1, -0.05) is 78.3 Å². The van der Waals surface area contributed by atoms with Crippen LogP contribution in [0.25, 0.3) is 22.3 Å². The minimum Gasteiger partial charge on any atom is -0.481 e. The van der Waals surface area contributed by atoms with Gasteiger partial charge in [-0.05, 0) is 54.2 Å². The van der Waals surface area contributed by atoms with Gasteiger partial charge in [-0.25, -0.2) is 4.79 Å². The maximum atomic E-state index is 12.5. The second kappa shape index (κ2) is 9.55. The highest BCUT2D eigenvalue weighted by Gasteiger charge is 2.51. The molecule has 3 aromatic carbocycles. The molecule has 1 aliphatic carbocycles. The summed E-state index contributed by atoms with van der Waals surface area (Å²) in [6.07, 6.45) is 2.04. The molecule has 1 aliphatic rings. The van der Waals surface area contributed by atoms with Crippen molar-refractivity contribution in [1.29, 1.82) is 0 Å². The molecule has 1 saturated carbocycles. The Morgan fingerprint density at radius 1 is 0.944 bits per heavy atom. The summed E-state index contributed by atoms with van der Waals surface area (Å²) in [5.74, 6) is -0.218. The third kappa shape index (κ3) is 4.60. The van der Waals surface area contributed by atoms with Crippen LogP contribution in [0.4, 0.5) is 10.6 Å². The van der Waals surface area contributed by atoms with Crippen LogP contribution >= 0.6 is 11.6 Å². The minimum atomic E-state index is -0.752. The Hall–Kier alpha value is -4.03. The Labute approximate surface area is 213 Å². The zero-order valence-corrected chi connectivity index (χ0v) is 20.4. The van der Waals surface area contributed by atoms with Crippen LogP contribution in [0.2, 0.25) is 5.02 Å². The first-order valence-electron chi connectivity index (χ1n) is 11.7. The van der Waals surface area contributed by atoms with Gasteiger partial charge in [-0.15, -0.1) is 0 Å². The number of carboxylic acids is 1. The average Bonchev–Trinajstić information content (AvgIpc) is 3.58. The van der Waals surface area contributed by atoms with Crippen LogP contribution in [0.1, 0.15) is 37.0 Å². The Morgan fingerprint density at radius 3 is 2.17 bits per heavy atom. The van der Waals surface area contributed by atoms with Crippen molar-refractivity contribution in [3.8, 4) is 22.3 Å². The zero-order chi connectivity index (χ0) is 25.3. The van der Waals surface area contributed by atoms with E-state index in [1.807, 2.05) is 72.8 Å². The third-order valence-electron chi connectivity index (χ3n) is 6.73. The first kappa shape index (κ1) is 23.7. The number of ether oxygens (including phenoxy) is 1. The van der Waals surface area contributed by atoms with Crippen molar-refractivity contribution in [2.45, 2.75) is 31.3 Å². The average molecular weight is 501 g/mol. The Balaban J connectivity index is 1.27. The second-order valence-electron chi connectivity index (χ2n) is 9.00. The van der Waals surface area contributed by atoms with E-state index in [0.717, 1.165) is 33.4 Å². The van der Waals surface area contributed by atoms with Crippen molar-refractivity contribution in [3.63, 3.8) is 0 Å². The number of aromatic amines is 1. The minimum absolute atomic E-state index is 0.506. The number of carboxylic acid groups (broad SMARTS) is 1. The van der Waals surface area contributed by atoms with Crippen molar-refractivity contribution in [3.05, 3.63) is 101 Å². The van der Waals surface area contributed by atoms with Crippen LogP contribution in [0.5, 0.6) is 0 Å². The molecule has 5 rings (SSSR count). The number of hydrogen-bond donors (Lipinski definition) is 3. The van der Waals surface area contributed by atoms with Gasteiger partial charge in [-0.3, -0.25) is 10.1 Å². The fourth-order valence-electron chi connectivity index (χ4n) is 4.45. The van der Waals surface area contributed by atoms with E-state index in [1.54, 1.807) is 19.2 Å². The predicted molar refractivity (Wildman–Crippen MR) is 140 cm³/mol. The molecule has 0 radical (unpaired) electrons. The third-order valence-corrected chi connectivity index (χ3v) is 7.07. The summed E-state index contributed by atoms with van der Waals surface area (Å²) in [6, 6.07) is 24.9. The maximum Gasteiger partial charge on any atom is 0.413 e. The first-order chi connectivity index (χ1) is 17.4. The lowest BCUT2D eigenvalue weighted by Crippen LogP contribution is -2.19. The normalized spacial score (nSPS) is 14.6. The molecule has 1 heterocycles. The molecule has 1 aromatic heterocycles. The largest absolute Gasteiger partial charge is 0.481 e. The van der Waals surface area contributed by atoms with Gasteiger partial charge >= 0.3 is 12.1 Å². The topological polar surface area (TPSA) is 91.4 Å². The number of nitrogens with one attached hydrogen (secondary N) is 2. The molecule has 7 heteroatoms. The van der Waals surface area contributed by atoms with Crippen LogP contribution in [-0.4, -0.2) is 22.2 Å². The number of halogens is 1. The van der Waals surface area contributed by atoms with Crippen molar-refractivity contribution in [1.82, 2.24) is 4.98 Å². The summed E-state index contributed by atoms with van der Waals surface area (Å²) in [7, 11) is 0. The summed E-state index contributed by atoms with van der Waals surface area (Å²) >= 11 is 6.21. The molecular weight excluding hydrogens is 476 g/mol. The standard InChI is InChI=1S/C29H25ClN2O4/c1-18(23-4-2-3-5-25(23)30)36-28(35)32-26-24(14-17-31-26)21-8-6-19(7-9-21)20-10-12-22(13-11-20)29(15-16-29)27(33)34/h2-14,17-18,31H,15-16H2,1H3,(H,32,35)(H,33,34). The van der Waals surface area contributed by atoms with Gasteiger partial charge in [0.05, 0.1) is 5.41 Å². The molecule has 0 aliphatic heterocycles. The molecule has 36 heavy (non-hydrogen) atoms. The van der Waals surface area contributed by atoms with E-state index >= 15 is 0 Å². The second-order valence-corrected chi connectivity index (χ2v) is 9.41. The molecule has 0 bridgehead atoms. The molecule has 3 N–H and O–H groups in total. The summed E-state index contributed by atoms with van der Waals surface area (Å²) < 4.78 is 5.52. The van der Waals surface area contributed by atoms with Crippen LogP contribution in [0.15, 0.2) is 85.1 Å². The number of carbonyl (C=O) groups is 2. The fourth-order valence-corrected chi connectivity index (χ4v) is 4.74. The van der Waals surface area contributed by atoms with Crippen LogP contribution in [0.3, 0.4) is 0 Å². The van der Waals surface area contributed by atoms with Crippen molar-refractivity contribution < 1.29 is 19.4 Å². The number of benzene rings is 3. The molecule has 0 saturated heterocycles. The van der Waals surface area contributed by atoms with Gasteiger partial charge in [0, 0.05) is 22.3 Å². The highest BCUT2D eigenvalue weighted by molar-refractivity contribution is 6.31. The van der Waals surface area contributed by atoms with Crippen LogP contribution < -0.4 is 5.32 Å². The summed E-state index contributed by atoms with van der Waals surface area (Å²) in [5.41, 5.74) is 4.67. The van der Waals surface area contributed by atoms with Gasteiger partial charge in [0.1, 0.15) is 11.9 Å². The Morgan fingerprint density at radius 2 is 1.56 bits per heavy atom. The molecule has 1 unspecified atom stereocenters. The molecule has 4 aromatic rings. The smallest absolute Gasteiger partial charge is 0.413 e. The lowest BCUT2D eigenvalue weighted by Gasteiger charge is -2.15. The lowest BCUT2D eigenvalue weighted by molar-refractivity contribution is -0.140. The molecule has 1 atom stereocenters. The van der Waals surface area contributed by atoms with E-state index in [1.165, 1.54) is 0 Å². The molecule has 6 nitrogen and oxygen atoms in total. The number of aromatic nitrogens is 1. The van der Waals surface area contributed by atoms with Gasteiger partial charge in [0.15, 0.2) is 0 Å². The maximum absolute atomic E-state index is 12.5. The summed E-state index contributed by atoms with van der Waals surface area (Å²) in [4.78, 5) is 27.2.